The Hall–Kier alpha value is -3.73. The lowest BCUT2D eigenvalue weighted by atomic mass is 9.99. The number of carbonyl (C=O) groups is 2. The summed E-state index contributed by atoms with van der Waals surface area (Å²) in [6.45, 7) is 3.04. The van der Waals surface area contributed by atoms with Gasteiger partial charge in [0.25, 0.3) is 0 Å². The van der Waals surface area contributed by atoms with Crippen LogP contribution in [0.15, 0.2) is 36.7 Å². The van der Waals surface area contributed by atoms with Gasteiger partial charge in [-0.2, -0.15) is 9.97 Å². The number of benzene rings is 1. The molecule has 3 atom stereocenters. The van der Waals surface area contributed by atoms with Crippen LogP contribution in [-0.2, 0) is 19.0 Å². The van der Waals surface area contributed by atoms with Crippen LogP contribution in [-0.4, -0.2) is 56.9 Å². The monoisotopic (exact) mass is 441 g/mol. The molecule has 0 radical (unpaired) electrons. The number of ether oxygens (including phenoxy) is 4. The van der Waals surface area contributed by atoms with Gasteiger partial charge in [-0.15, -0.1) is 0 Å². The highest BCUT2D eigenvalue weighted by Crippen LogP contribution is 2.42. The highest BCUT2D eigenvalue weighted by Gasteiger charge is 2.50. The van der Waals surface area contributed by atoms with Gasteiger partial charge in [0.2, 0.25) is 11.8 Å². The van der Waals surface area contributed by atoms with Gasteiger partial charge in [-0.25, -0.2) is 9.78 Å². The number of nitrogens with zero attached hydrogens (tertiary/aromatic N) is 4. The minimum Gasteiger partial charge on any atom is -0.479 e. The Bertz CT molecular complexity index is 1150. The molecule has 1 aliphatic rings. The van der Waals surface area contributed by atoms with E-state index >= 15 is 0 Å². The molecule has 1 aliphatic heterocycles. The van der Waals surface area contributed by atoms with Gasteiger partial charge in [0.15, 0.2) is 23.0 Å². The van der Waals surface area contributed by atoms with Crippen LogP contribution in [0.5, 0.6) is 5.88 Å². The molecule has 168 valence electrons. The fraction of sp³-hybridized carbons (Fsp3) is 0.381. The summed E-state index contributed by atoms with van der Waals surface area (Å²) in [5.74, 6) is -0.729. The van der Waals surface area contributed by atoms with Crippen molar-refractivity contribution in [3.63, 3.8) is 0 Å². The van der Waals surface area contributed by atoms with Crippen molar-refractivity contribution in [3.05, 3.63) is 42.2 Å². The first-order chi connectivity index (χ1) is 15.3. The topological polar surface area (TPSA) is 141 Å². The van der Waals surface area contributed by atoms with Gasteiger partial charge in [-0.1, -0.05) is 18.2 Å². The van der Waals surface area contributed by atoms with Crippen LogP contribution in [0.4, 0.5) is 5.95 Å². The number of rotatable bonds is 6. The number of nitrogens with two attached hydrogens (primary N) is 1. The number of hydrogen-bond acceptors (Lipinski definition) is 10. The van der Waals surface area contributed by atoms with Gasteiger partial charge < -0.3 is 24.7 Å². The molecular formula is C21H23N5O6. The molecular weight excluding hydrogens is 418 g/mol. The van der Waals surface area contributed by atoms with Crippen LogP contribution >= 0.6 is 0 Å². The highest BCUT2D eigenvalue weighted by atomic mass is 16.6. The zero-order chi connectivity index (χ0) is 22.9. The van der Waals surface area contributed by atoms with Crippen LogP contribution < -0.4 is 10.5 Å². The molecule has 1 fully saturated rings. The molecule has 2 N–H and O–H groups in total. The van der Waals surface area contributed by atoms with Crippen molar-refractivity contribution in [2.45, 2.75) is 38.2 Å². The Labute approximate surface area is 183 Å². The van der Waals surface area contributed by atoms with E-state index in [1.54, 1.807) is 35.8 Å². The van der Waals surface area contributed by atoms with Crippen molar-refractivity contribution in [2.75, 3.05) is 19.5 Å². The van der Waals surface area contributed by atoms with Crippen LogP contribution in [0.3, 0.4) is 0 Å². The molecule has 1 aromatic carbocycles. The number of imidazole rings is 1. The lowest BCUT2D eigenvalue weighted by Gasteiger charge is -2.29. The van der Waals surface area contributed by atoms with Gasteiger partial charge in [-0.3, -0.25) is 9.36 Å². The Morgan fingerprint density at radius 3 is 2.72 bits per heavy atom. The standard InChI is InChI=1S/C21H23N5O6/c1-12(27)32-21(2)9-14(10-30-18(28)13-7-5-4-6-8-13)31-19(21)26-11-23-15-16(26)24-20(22)25-17(15)29-3/h4-8,11,14,19H,9-10H2,1-3H3,(H2,22,24,25)/t14-,19+,21+/m0/s1. The van der Waals surface area contributed by atoms with E-state index in [1.165, 1.54) is 20.4 Å². The summed E-state index contributed by atoms with van der Waals surface area (Å²) >= 11 is 0. The van der Waals surface area contributed by atoms with Crippen LogP contribution in [0, 0.1) is 0 Å². The summed E-state index contributed by atoms with van der Waals surface area (Å²) in [5.41, 5.74) is 5.92. The highest BCUT2D eigenvalue weighted by molar-refractivity contribution is 5.89. The lowest BCUT2D eigenvalue weighted by molar-refractivity contribution is -0.167. The average Bonchev–Trinajstić information content (AvgIpc) is 3.31. The second-order valence-electron chi connectivity index (χ2n) is 7.60. The Kier molecular flexibility index (Phi) is 5.66. The predicted octanol–water partition coefficient (Wildman–Crippen LogP) is 1.88. The van der Waals surface area contributed by atoms with E-state index in [-0.39, 0.29) is 24.9 Å². The van der Waals surface area contributed by atoms with Gasteiger partial charge in [0.05, 0.1) is 25.1 Å². The molecule has 0 saturated carbocycles. The van der Waals surface area contributed by atoms with Crippen molar-refractivity contribution >= 4 is 29.1 Å². The molecule has 11 heteroatoms. The molecule has 3 heterocycles. The van der Waals surface area contributed by atoms with Crippen molar-refractivity contribution in [1.29, 1.82) is 0 Å². The number of methoxy groups -OCH3 is 1. The normalized spacial score (nSPS) is 22.6. The van der Waals surface area contributed by atoms with Crippen molar-refractivity contribution in [1.82, 2.24) is 19.5 Å². The van der Waals surface area contributed by atoms with Crippen LogP contribution in [0.2, 0.25) is 0 Å². The zero-order valence-electron chi connectivity index (χ0n) is 17.8. The van der Waals surface area contributed by atoms with Gasteiger partial charge in [0, 0.05) is 13.3 Å². The first kappa shape index (κ1) is 21.5. The summed E-state index contributed by atoms with van der Waals surface area (Å²) in [5, 5.41) is 0. The third-order valence-electron chi connectivity index (χ3n) is 5.12. The first-order valence-electron chi connectivity index (χ1n) is 9.92. The molecule has 2 aromatic heterocycles. The number of nitrogen functional groups attached to an aromatic ring is 1. The summed E-state index contributed by atoms with van der Waals surface area (Å²) < 4.78 is 24.1. The third kappa shape index (κ3) is 4.06. The summed E-state index contributed by atoms with van der Waals surface area (Å²) in [4.78, 5) is 36.7. The number of aromatic nitrogens is 4. The van der Waals surface area contributed by atoms with E-state index in [0.29, 0.717) is 16.7 Å². The molecule has 0 unspecified atom stereocenters. The summed E-state index contributed by atoms with van der Waals surface area (Å²) in [6.07, 6.45) is 0.453. The van der Waals surface area contributed by atoms with Crippen molar-refractivity contribution < 1.29 is 28.5 Å². The van der Waals surface area contributed by atoms with Crippen molar-refractivity contribution in [3.8, 4) is 5.88 Å². The smallest absolute Gasteiger partial charge is 0.338 e. The molecule has 3 aromatic rings. The number of carbonyl (C=O) groups excluding carboxylic acids is 2. The Balaban J connectivity index is 1.61. The quantitative estimate of drug-likeness (QED) is 0.564. The summed E-state index contributed by atoms with van der Waals surface area (Å²) in [7, 11) is 1.45. The molecule has 32 heavy (non-hydrogen) atoms. The molecule has 0 aliphatic carbocycles. The Morgan fingerprint density at radius 2 is 2.03 bits per heavy atom. The SMILES string of the molecule is COc1nc(N)nc2c1ncn2[C@@H]1O[C@H](COC(=O)c2ccccc2)C[C@@]1(C)OC(C)=O. The maximum atomic E-state index is 12.3. The van der Waals surface area contributed by atoms with E-state index in [1.807, 2.05) is 6.07 Å². The van der Waals surface area contributed by atoms with E-state index < -0.39 is 29.9 Å². The number of fused-ring (bicyclic) bond motifs is 1. The molecule has 11 nitrogen and oxygen atoms in total. The average molecular weight is 441 g/mol. The molecule has 0 amide bonds. The largest absolute Gasteiger partial charge is 0.479 e. The molecule has 4 rings (SSSR count). The third-order valence-corrected chi connectivity index (χ3v) is 5.12. The van der Waals surface area contributed by atoms with Gasteiger partial charge >= 0.3 is 11.9 Å². The second kappa shape index (κ2) is 8.42. The van der Waals surface area contributed by atoms with E-state index in [9.17, 15) is 9.59 Å². The predicted molar refractivity (Wildman–Crippen MR) is 112 cm³/mol. The van der Waals surface area contributed by atoms with E-state index in [2.05, 4.69) is 15.0 Å². The fourth-order valence-corrected chi connectivity index (χ4v) is 3.85. The minimum atomic E-state index is -1.07. The number of esters is 2. The second-order valence-corrected chi connectivity index (χ2v) is 7.60. The maximum absolute atomic E-state index is 12.3. The van der Waals surface area contributed by atoms with Crippen molar-refractivity contribution in [2.24, 2.45) is 0 Å². The van der Waals surface area contributed by atoms with Crippen LogP contribution in [0.1, 0.15) is 36.9 Å². The van der Waals surface area contributed by atoms with Crippen LogP contribution in [0.25, 0.3) is 11.2 Å². The number of hydrogen-bond donors (Lipinski definition) is 1. The minimum absolute atomic E-state index is 0.00312. The zero-order valence-corrected chi connectivity index (χ0v) is 17.8. The van der Waals surface area contributed by atoms with E-state index in [4.69, 9.17) is 24.7 Å². The molecule has 0 bridgehead atoms. The molecule has 0 spiro atoms. The van der Waals surface area contributed by atoms with Gasteiger partial charge in [-0.05, 0) is 19.1 Å². The summed E-state index contributed by atoms with van der Waals surface area (Å²) in [6, 6.07) is 8.65. The first-order valence-corrected chi connectivity index (χ1v) is 9.92. The van der Waals surface area contributed by atoms with E-state index in [0.717, 1.165) is 0 Å². The Morgan fingerprint density at radius 1 is 1.28 bits per heavy atom. The number of anilines is 1. The van der Waals surface area contributed by atoms with Gasteiger partial charge in [0.1, 0.15) is 6.61 Å². The fourth-order valence-electron chi connectivity index (χ4n) is 3.85. The lowest BCUT2D eigenvalue weighted by Crippen LogP contribution is -2.37. The maximum Gasteiger partial charge on any atom is 0.338 e. The molecule has 1 saturated heterocycles.